The van der Waals surface area contributed by atoms with Crippen LogP contribution in [0.5, 0.6) is 5.75 Å². The summed E-state index contributed by atoms with van der Waals surface area (Å²) in [5.41, 5.74) is -0.844. The van der Waals surface area contributed by atoms with Crippen molar-refractivity contribution in [2.45, 2.75) is 6.61 Å². The van der Waals surface area contributed by atoms with E-state index in [4.69, 9.17) is 9.84 Å². The smallest absolute Gasteiger partial charge is 0.342 e. The van der Waals surface area contributed by atoms with Crippen molar-refractivity contribution in [3.63, 3.8) is 0 Å². The van der Waals surface area contributed by atoms with E-state index in [9.17, 15) is 14.9 Å². The second kappa shape index (κ2) is 6.02. The van der Waals surface area contributed by atoms with Crippen molar-refractivity contribution in [3.8, 4) is 5.75 Å². The van der Waals surface area contributed by atoms with Gasteiger partial charge in [0.25, 0.3) is 5.69 Å². The molecule has 6 nitrogen and oxygen atoms in total. The molecule has 0 saturated heterocycles. The van der Waals surface area contributed by atoms with Crippen LogP contribution in [-0.4, -0.2) is 16.0 Å². The van der Waals surface area contributed by atoms with Gasteiger partial charge in [0.15, 0.2) is 0 Å². The van der Waals surface area contributed by atoms with Crippen molar-refractivity contribution < 1.29 is 19.6 Å². The number of thiophene rings is 1. The van der Waals surface area contributed by atoms with Gasteiger partial charge in [0.05, 0.1) is 8.71 Å². The van der Waals surface area contributed by atoms with E-state index in [1.165, 1.54) is 17.4 Å². The standard InChI is InChI=1S/C12H8BrNO5S/c13-11-4-2-8(20-11)6-19-7-1-3-10(14(17)18)9(5-7)12(15)16/h1-5H,6H2,(H,15,16). The van der Waals surface area contributed by atoms with Crippen molar-refractivity contribution in [1.29, 1.82) is 0 Å². The van der Waals surface area contributed by atoms with Crippen molar-refractivity contribution in [2.75, 3.05) is 0 Å². The van der Waals surface area contributed by atoms with Crippen LogP contribution in [0, 0.1) is 10.1 Å². The van der Waals surface area contributed by atoms with Crippen LogP contribution >= 0.6 is 27.3 Å². The molecule has 0 fully saturated rings. The van der Waals surface area contributed by atoms with E-state index in [2.05, 4.69) is 15.9 Å². The van der Waals surface area contributed by atoms with Crippen LogP contribution in [0.1, 0.15) is 15.2 Å². The molecule has 0 aliphatic rings. The number of nitro benzene ring substituents is 1. The average molecular weight is 358 g/mol. The third kappa shape index (κ3) is 3.34. The van der Waals surface area contributed by atoms with Gasteiger partial charge >= 0.3 is 5.97 Å². The molecule has 104 valence electrons. The maximum atomic E-state index is 11.0. The molecule has 0 atom stereocenters. The van der Waals surface area contributed by atoms with Gasteiger partial charge in [0, 0.05) is 17.0 Å². The van der Waals surface area contributed by atoms with Gasteiger partial charge in [-0.3, -0.25) is 10.1 Å². The Labute approximate surface area is 125 Å². The minimum absolute atomic E-state index is 0.271. The number of benzene rings is 1. The number of ether oxygens (including phenoxy) is 1. The van der Waals surface area contributed by atoms with E-state index in [-0.39, 0.29) is 17.9 Å². The Hall–Kier alpha value is -1.93. The van der Waals surface area contributed by atoms with E-state index in [0.717, 1.165) is 20.8 Å². The third-order valence-electron chi connectivity index (χ3n) is 2.41. The molecule has 0 saturated carbocycles. The first kappa shape index (κ1) is 14.5. The molecule has 2 aromatic rings. The lowest BCUT2D eigenvalue weighted by Gasteiger charge is -2.06. The van der Waals surface area contributed by atoms with Crippen LogP contribution in [-0.2, 0) is 6.61 Å². The molecular formula is C12H8BrNO5S. The van der Waals surface area contributed by atoms with Crippen molar-refractivity contribution in [2.24, 2.45) is 0 Å². The number of carboxylic acid groups (broad SMARTS) is 1. The Balaban J connectivity index is 2.18. The largest absolute Gasteiger partial charge is 0.488 e. The lowest BCUT2D eigenvalue weighted by molar-refractivity contribution is -0.385. The number of carboxylic acids is 1. The number of rotatable bonds is 5. The van der Waals surface area contributed by atoms with Gasteiger partial charge in [0.1, 0.15) is 17.9 Å². The van der Waals surface area contributed by atoms with E-state index < -0.39 is 16.6 Å². The van der Waals surface area contributed by atoms with Gasteiger partial charge < -0.3 is 9.84 Å². The number of hydrogen-bond acceptors (Lipinski definition) is 5. The fraction of sp³-hybridized carbons (Fsp3) is 0.0833. The zero-order valence-corrected chi connectivity index (χ0v) is 12.3. The molecule has 0 spiro atoms. The first-order valence-corrected chi connectivity index (χ1v) is 6.97. The van der Waals surface area contributed by atoms with Crippen molar-refractivity contribution in [3.05, 3.63) is 54.7 Å². The van der Waals surface area contributed by atoms with Crippen molar-refractivity contribution in [1.82, 2.24) is 0 Å². The van der Waals surface area contributed by atoms with Gasteiger partial charge in [-0.05, 0) is 34.1 Å². The van der Waals surface area contributed by atoms with Crippen LogP contribution < -0.4 is 4.74 Å². The number of hydrogen-bond donors (Lipinski definition) is 1. The van der Waals surface area contributed by atoms with Crippen molar-refractivity contribution >= 4 is 38.9 Å². The summed E-state index contributed by atoms with van der Waals surface area (Å²) in [7, 11) is 0. The molecule has 1 heterocycles. The summed E-state index contributed by atoms with van der Waals surface area (Å²) in [6.45, 7) is 0.271. The average Bonchev–Trinajstić information content (AvgIpc) is 2.81. The van der Waals surface area contributed by atoms with E-state index >= 15 is 0 Å². The van der Waals surface area contributed by atoms with Gasteiger partial charge in [-0.15, -0.1) is 11.3 Å². The van der Waals surface area contributed by atoms with Crippen LogP contribution in [0.3, 0.4) is 0 Å². The number of carbonyl (C=O) groups is 1. The molecule has 1 aromatic carbocycles. The number of nitro groups is 1. The number of nitrogens with zero attached hydrogens (tertiary/aromatic N) is 1. The Morgan fingerprint density at radius 3 is 2.70 bits per heavy atom. The molecule has 1 N–H and O–H groups in total. The summed E-state index contributed by atoms with van der Waals surface area (Å²) >= 11 is 4.82. The molecule has 20 heavy (non-hydrogen) atoms. The Morgan fingerprint density at radius 1 is 1.40 bits per heavy atom. The lowest BCUT2D eigenvalue weighted by Crippen LogP contribution is -2.03. The van der Waals surface area contributed by atoms with Gasteiger partial charge in [-0.1, -0.05) is 0 Å². The third-order valence-corrected chi connectivity index (χ3v) is 4.00. The van der Waals surface area contributed by atoms with Crippen LogP contribution in [0.15, 0.2) is 34.1 Å². The van der Waals surface area contributed by atoms with Crippen LogP contribution in [0.25, 0.3) is 0 Å². The molecule has 0 unspecified atom stereocenters. The summed E-state index contributed by atoms with van der Waals surface area (Å²) in [5, 5.41) is 19.7. The van der Waals surface area contributed by atoms with E-state index in [1.54, 1.807) is 0 Å². The van der Waals surface area contributed by atoms with E-state index in [0.29, 0.717) is 0 Å². The summed E-state index contributed by atoms with van der Waals surface area (Å²) in [6, 6.07) is 7.42. The SMILES string of the molecule is O=C(O)c1cc(OCc2ccc(Br)s2)ccc1[N+](=O)[O-]. The first-order valence-electron chi connectivity index (χ1n) is 5.36. The first-order chi connectivity index (χ1) is 9.47. The highest BCUT2D eigenvalue weighted by Crippen LogP contribution is 2.26. The number of halogens is 1. The van der Waals surface area contributed by atoms with Gasteiger partial charge in [-0.2, -0.15) is 0 Å². The molecule has 0 bridgehead atoms. The van der Waals surface area contributed by atoms with Gasteiger partial charge in [-0.25, -0.2) is 4.79 Å². The summed E-state index contributed by atoms with van der Waals surface area (Å²) in [4.78, 5) is 21.9. The zero-order valence-electron chi connectivity index (χ0n) is 9.91. The fourth-order valence-corrected chi connectivity index (χ4v) is 2.92. The summed E-state index contributed by atoms with van der Waals surface area (Å²) < 4.78 is 6.40. The summed E-state index contributed by atoms with van der Waals surface area (Å²) in [6.07, 6.45) is 0. The minimum atomic E-state index is -1.36. The van der Waals surface area contributed by atoms with Crippen LogP contribution in [0.4, 0.5) is 5.69 Å². The van der Waals surface area contributed by atoms with E-state index in [1.807, 2.05) is 12.1 Å². The Kier molecular flexibility index (Phi) is 4.35. The maximum Gasteiger partial charge on any atom is 0.342 e. The highest BCUT2D eigenvalue weighted by Gasteiger charge is 2.20. The predicted octanol–water partition coefficient (Wildman–Crippen LogP) is 3.70. The fourth-order valence-electron chi connectivity index (χ4n) is 1.52. The molecule has 0 aliphatic heterocycles. The normalized spacial score (nSPS) is 10.2. The molecule has 0 radical (unpaired) electrons. The highest BCUT2D eigenvalue weighted by atomic mass is 79.9. The highest BCUT2D eigenvalue weighted by molar-refractivity contribution is 9.11. The summed E-state index contributed by atoms with van der Waals surface area (Å²) in [5.74, 6) is -1.08. The second-order valence-electron chi connectivity index (χ2n) is 3.74. The molecule has 2 rings (SSSR count). The molecule has 0 aliphatic carbocycles. The van der Waals surface area contributed by atoms with Crippen LogP contribution in [0.2, 0.25) is 0 Å². The lowest BCUT2D eigenvalue weighted by atomic mass is 10.1. The molecule has 8 heteroatoms. The maximum absolute atomic E-state index is 11.0. The minimum Gasteiger partial charge on any atom is -0.488 e. The molecular weight excluding hydrogens is 350 g/mol. The monoisotopic (exact) mass is 357 g/mol. The number of aromatic carboxylic acids is 1. The van der Waals surface area contributed by atoms with Gasteiger partial charge in [0.2, 0.25) is 0 Å². The Bertz CT molecular complexity index is 670. The topological polar surface area (TPSA) is 89.7 Å². The zero-order chi connectivity index (χ0) is 14.7. The Morgan fingerprint density at radius 2 is 2.15 bits per heavy atom. The quantitative estimate of drug-likeness (QED) is 0.650. The second-order valence-corrected chi connectivity index (χ2v) is 6.28. The predicted molar refractivity (Wildman–Crippen MR) is 76.4 cm³/mol. The molecule has 1 aromatic heterocycles. The molecule has 0 amide bonds.